The van der Waals surface area contributed by atoms with Gasteiger partial charge in [-0.1, -0.05) is 60.3 Å². The highest BCUT2D eigenvalue weighted by molar-refractivity contribution is 7.99. The molecule has 180 valence electrons. The van der Waals surface area contributed by atoms with E-state index in [9.17, 15) is 15.0 Å². The summed E-state index contributed by atoms with van der Waals surface area (Å²) in [6.45, 7) is 1.14. The van der Waals surface area contributed by atoms with Gasteiger partial charge in [-0.25, -0.2) is 0 Å². The molecule has 0 saturated carbocycles. The molecule has 0 amide bonds. The Bertz CT molecular complexity index is 1290. The van der Waals surface area contributed by atoms with Gasteiger partial charge < -0.3 is 24.3 Å². The number of carbonyl (C=O) groups is 1. The molecule has 0 bridgehead atoms. The summed E-state index contributed by atoms with van der Waals surface area (Å²) >= 11 is 1.24. The van der Waals surface area contributed by atoms with Crippen molar-refractivity contribution >= 4 is 17.5 Å². The van der Waals surface area contributed by atoms with Crippen LogP contribution in [0, 0.1) is 0 Å². The van der Waals surface area contributed by atoms with Gasteiger partial charge >= 0.3 is 0 Å². The normalized spacial score (nSPS) is 10.9. The Morgan fingerprint density at radius 1 is 0.971 bits per heavy atom. The Kier molecular flexibility index (Phi) is 8.02. The third-order valence-electron chi connectivity index (χ3n) is 5.27. The smallest absolute Gasteiger partial charge is 0.191 e. The van der Waals surface area contributed by atoms with Crippen LogP contribution in [0.2, 0.25) is 0 Å². The van der Waals surface area contributed by atoms with E-state index in [1.807, 2.05) is 59.2 Å². The van der Waals surface area contributed by atoms with Gasteiger partial charge in [-0.05, 0) is 29.8 Å². The van der Waals surface area contributed by atoms with Gasteiger partial charge in [-0.15, -0.1) is 10.2 Å². The third-order valence-corrected chi connectivity index (χ3v) is 6.24. The van der Waals surface area contributed by atoms with E-state index in [4.69, 9.17) is 9.47 Å². The molecule has 4 rings (SSSR count). The lowest BCUT2D eigenvalue weighted by Gasteiger charge is -2.13. The first-order valence-corrected chi connectivity index (χ1v) is 11.9. The van der Waals surface area contributed by atoms with Crippen molar-refractivity contribution in [2.24, 2.45) is 0 Å². The Hall–Kier alpha value is -3.82. The highest BCUT2D eigenvalue weighted by Crippen LogP contribution is 2.30. The van der Waals surface area contributed by atoms with Crippen molar-refractivity contribution in [2.75, 3.05) is 19.5 Å². The summed E-state index contributed by atoms with van der Waals surface area (Å²) in [4.78, 5) is 12.6. The van der Waals surface area contributed by atoms with Crippen molar-refractivity contribution in [3.05, 3.63) is 84.2 Å². The van der Waals surface area contributed by atoms with E-state index >= 15 is 0 Å². The van der Waals surface area contributed by atoms with Crippen LogP contribution < -0.4 is 4.74 Å². The summed E-state index contributed by atoms with van der Waals surface area (Å²) in [5.74, 6) is 0.624. The number of hydrogen-bond acceptors (Lipinski definition) is 8. The molecule has 9 heteroatoms. The zero-order chi connectivity index (χ0) is 24.6. The summed E-state index contributed by atoms with van der Waals surface area (Å²) in [5, 5.41) is 28.2. The van der Waals surface area contributed by atoms with Crippen LogP contribution in [-0.4, -0.2) is 50.2 Å². The summed E-state index contributed by atoms with van der Waals surface area (Å²) in [6, 6.07) is 21.8. The van der Waals surface area contributed by atoms with Gasteiger partial charge in [0, 0.05) is 24.8 Å². The van der Waals surface area contributed by atoms with Crippen LogP contribution in [0.15, 0.2) is 78.0 Å². The number of hydrogen-bond donors (Lipinski definition) is 2. The highest BCUT2D eigenvalue weighted by Gasteiger charge is 2.17. The second-order valence-electron chi connectivity index (χ2n) is 7.61. The average molecular weight is 492 g/mol. The molecule has 2 N–H and O–H groups in total. The molecule has 4 aromatic rings. The summed E-state index contributed by atoms with van der Waals surface area (Å²) < 4.78 is 13.3. The monoisotopic (exact) mass is 491 g/mol. The Morgan fingerprint density at radius 2 is 1.74 bits per heavy atom. The average Bonchev–Trinajstić information content (AvgIpc) is 3.28. The Labute approximate surface area is 207 Å². The fraction of sp³-hybridized carbons (Fsp3) is 0.192. The lowest BCUT2D eigenvalue weighted by atomic mass is 10.1. The number of nitrogens with zero attached hydrogens (tertiary/aromatic N) is 3. The largest absolute Gasteiger partial charge is 0.504 e. The lowest BCUT2D eigenvalue weighted by Crippen LogP contribution is -2.12. The van der Waals surface area contributed by atoms with Crippen LogP contribution in [0.1, 0.15) is 16.2 Å². The van der Waals surface area contributed by atoms with Gasteiger partial charge in [-0.2, -0.15) is 0 Å². The maximum Gasteiger partial charge on any atom is 0.191 e. The van der Waals surface area contributed by atoms with E-state index in [1.54, 1.807) is 7.11 Å². The van der Waals surface area contributed by atoms with Crippen LogP contribution in [0.4, 0.5) is 0 Å². The maximum atomic E-state index is 12.6. The van der Waals surface area contributed by atoms with Crippen LogP contribution >= 0.6 is 11.8 Å². The van der Waals surface area contributed by atoms with Gasteiger partial charge in [-0.3, -0.25) is 4.79 Å². The number of thioether (sulfide) groups is 1. The number of ketones is 1. The van der Waals surface area contributed by atoms with Crippen molar-refractivity contribution in [3.63, 3.8) is 0 Å². The number of aromatic hydroxyl groups is 2. The molecular formula is C26H25N3O5S. The molecule has 1 aromatic heterocycles. The molecule has 0 aliphatic carbocycles. The molecule has 3 aromatic carbocycles. The number of phenols is 2. The first-order chi connectivity index (χ1) is 17.1. The Morgan fingerprint density at radius 3 is 2.51 bits per heavy atom. The third kappa shape index (κ3) is 6.00. The molecule has 0 unspecified atom stereocenters. The molecule has 0 radical (unpaired) electrons. The molecule has 0 fully saturated rings. The summed E-state index contributed by atoms with van der Waals surface area (Å²) in [7, 11) is 1.62. The zero-order valence-electron chi connectivity index (χ0n) is 19.1. The van der Waals surface area contributed by atoms with E-state index < -0.39 is 0 Å². The SMILES string of the molecule is COCCn1c(COc2ccccc2-c2ccccc2)nnc1SCC(=O)c1ccc(O)c(O)c1. The number of ether oxygens (including phenoxy) is 2. The van der Waals surface area contributed by atoms with Gasteiger partial charge in [0.25, 0.3) is 0 Å². The van der Waals surface area contributed by atoms with Gasteiger partial charge in [0.2, 0.25) is 0 Å². The van der Waals surface area contributed by atoms with Crippen molar-refractivity contribution < 1.29 is 24.5 Å². The first kappa shape index (κ1) is 24.3. The predicted octanol–water partition coefficient (Wildman–Crippen LogP) is 4.56. The standard InChI is InChI=1S/C26H25N3O5S/c1-33-14-13-29-25(16-34-24-10-6-5-9-20(24)18-7-3-2-4-8-18)27-28-26(29)35-17-23(32)19-11-12-21(30)22(31)15-19/h2-12,15,30-31H,13-14,16-17H2,1H3. The van der Waals surface area contributed by atoms with Crippen LogP contribution in [0.25, 0.3) is 11.1 Å². The lowest BCUT2D eigenvalue weighted by molar-refractivity contribution is 0.102. The molecule has 0 aliphatic heterocycles. The van der Waals surface area contributed by atoms with Gasteiger partial charge in [0.1, 0.15) is 12.4 Å². The van der Waals surface area contributed by atoms with E-state index in [0.717, 1.165) is 16.9 Å². The van der Waals surface area contributed by atoms with E-state index in [1.165, 1.54) is 30.0 Å². The summed E-state index contributed by atoms with van der Waals surface area (Å²) in [6.07, 6.45) is 0. The van der Waals surface area contributed by atoms with Crippen LogP contribution in [-0.2, 0) is 17.9 Å². The number of rotatable bonds is 11. The molecule has 35 heavy (non-hydrogen) atoms. The first-order valence-electron chi connectivity index (χ1n) is 10.9. The van der Waals surface area contributed by atoms with Gasteiger partial charge in [0.05, 0.1) is 12.4 Å². The van der Waals surface area contributed by atoms with E-state index in [0.29, 0.717) is 29.7 Å². The number of para-hydroxylation sites is 1. The molecule has 0 atom stereocenters. The van der Waals surface area contributed by atoms with Crippen LogP contribution in [0.3, 0.4) is 0 Å². The number of methoxy groups -OCH3 is 1. The van der Waals surface area contributed by atoms with E-state index in [-0.39, 0.29) is 29.6 Å². The second kappa shape index (κ2) is 11.5. The number of phenolic OH excluding ortho intramolecular Hbond substituents is 2. The fourth-order valence-electron chi connectivity index (χ4n) is 3.44. The molecule has 0 saturated heterocycles. The van der Waals surface area contributed by atoms with Gasteiger partial charge in [0.15, 0.2) is 28.3 Å². The van der Waals surface area contributed by atoms with Crippen molar-refractivity contribution in [2.45, 2.75) is 18.3 Å². The second-order valence-corrected chi connectivity index (χ2v) is 8.55. The van der Waals surface area contributed by atoms with Crippen molar-refractivity contribution in [1.82, 2.24) is 14.8 Å². The molecule has 8 nitrogen and oxygen atoms in total. The summed E-state index contributed by atoms with van der Waals surface area (Å²) in [5.41, 5.74) is 2.34. The number of aromatic nitrogens is 3. The fourth-order valence-corrected chi connectivity index (χ4v) is 4.32. The molecular weight excluding hydrogens is 466 g/mol. The molecule has 0 spiro atoms. The minimum absolute atomic E-state index is 0.0903. The van der Waals surface area contributed by atoms with Crippen molar-refractivity contribution in [3.8, 4) is 28.4 Å². The number of Topliss-reactive ketones (excluding diaryl/α,β-unsaturated/α-hetero) is 1. The quantitative estimate of drug-likeness (QED) is 0.179. The number of carbonyl (C=O) groups excluding carboxylic acids is 1. The van der Waals surface area contributed by atoms with Crippen LogP contribution in [0.5, 0.6) is 17.2 Å². The zero-order valence-corrected chi connectivity index (χ0v) is 19.9. The number of benzene rings is 3. The van der Waals surface area contributed by atoms with E-state index in [2.05, 4.69) is 10.2 Å². The van der Waals surface area contributed by atoms with Crippen molar-refractivity contribution in [1.29, 1.82) is 0 Å². The minimum Gasteiger partial charge on any atom is -0.504 e. The molecule has 0 aliphatic rings. The molecule has 1 heterocycles. The predicted molar refractivity (Wildman–Crippen MR) is 133 cm³/mol. The minimum atomic E-state index is -0.334. The maximum absolute atomic E-state index is 12.6. The Balaban J connectivity index is 1.48. The topological polar surface area (TPSA) is 107 Å². The highest BCUT2D eigenvalue weighted by atomic mass is 32.2.